The van der Waals surface area contributed by atoms with E-state index in [0.717, 1.165) is 18.6 Å². The largest absolute Gasteiger partial charge is 0.381 e. The summed E-state index contributed by atoms with van der Waals surface area (Å²) in [6.07, 6.45) is 4.63. The van der Waals surface area contributed by atoms with Gasteiger partial charge in [0.25, 0.3) is 5.91 Å². The van der Waals surface area contributed by atoms with E-state index in [0.29, 0.717) is 35.7 Å². The van der Waals surface area contributed by atoms with Crippen molar-refractivity contribution in [2.24, 2.45) is 0 Å². The number of rotatable bonds is 4. The standard InChI is InChI=1S/C20H21F2N5O2/c1-20(2,29)19(28)24-15-11-23-27-9-7-17(25-18(15)27)26-8-3-4-16(26)13-10-12(21)5-6-14(13)22/h5-7,9-11,16,29H,3-4,8H2,1-2H3,(H,24,28)/t16-/m1/s1. The molecule has 1 aliphatic rings. The van der Waals surface area contributed by atoms with Gasteiger partial charge in [-0.3, -0.25) is 4.79 Å². The third-order valence-electron chi connectivity index (χ3n) is 5.02. The van der Waals surface area contributed by atoms with E-state index < -0.39 is 23.1 Å². The number of benzene rings is 1. The van der Waals surface area contributed by atoms with E-state index in [-0.39, 0.29) is 6.04 Å². The second-order valence-corrected chi connectivity index (χ2v) is 7.64. The zero-order chi connectivity index (χ0) is 20.8. The molecule has 3 heterocycles. The fourth-order valence-electron chi connectivity index (χ4n) is 3.52. The number of amides is 1. The molecule has 0 saturated carbocycles. The van der Waals surface area contributed by atoms with Crippen molar-refractivity contribution >= 4 is 23.1 Å². The van der Waals surface area contributed by atoms with Gasteiger partial charge in [0.05, 0.1) is 12.2 Å². The Labute approximate surface area is 166 Å². The summed E-state index contributed by atoms with van der Waals surface area (Å²) in [6.45, 7) is 3.41. The predicted octanol–water partition coefficient (Wildman–Crippen LogP) is 3.06. The van der Waals surface area contributed by atoms with Gasteiger partial charge in [-0.2, -0.15) is 5.10 Å². The quantitative estimate of drug-likeness (QED) is 0.702. The third-order valence-corrected chi connectivity index (χ3v) is 5.02. The van der Waals surface area contributed by atoms with Crippen LogP contribution in [0.3, 0.4) is 0 Å². The Morgan fingerprint density at radius 2 is 2.10 bits per heavy atom. The topological polar surface area (TPSA) is 82.8 Å². The molecular weight excluding hydrogens is 380 g/mol. The molecule has 0 aliphatic carbocycles. The predicted molar refractivity (Wildman–Crippen MR) is 104 cm³/mol. The minimum absolute atomic E-state index is 0.299. The normalized spacial score (nSPS) is 17.1. The Hall–Kier alpha value is -3.07. The lowest BCUT2D eigenvalue weighted by Gasteiger charge is -2.26. The van der Waals surface area contributed by atoms with Gasteiger partial charge in [-0.15, -0.1) is 0 Å². The van der Waals surface area contributed by atoms with Gasteiger partial charge in [0, 0.05) is 18.3 Å². The summed E-state index contributed by atoms with van der Waals surface area (Å²) in [5.74, 6) is -0.945. The molecule has 0 radical (unpaired) electrons. The minimum atomic E-state index is -1.55. The molecule has 1 atom stereocenters. The maximum Gasteiger partial charge on any atom is 0.255 e. The summed E-state index contributed by atoms with van der Waals surface area (Å²) in [6, 6.07) is 4.88. The molecular formula is C20H21F2N5O2. The van der Waals surface area contributed by atoms with Crippen LogP contribution in [0.15, 0.2) is 36.7 Å². The van der Waals surface area contributed by atoms with Crippen molar-refractivity contribution in [1.29, 1.82) is 0 Å². The second kappa shape index (κ2) is 7.07. The Morgan fingerprint density at radius 3 is 2.86 bits per heavy atom. The maximum absolute atomic E-state index is 14.3. The first-order chi connectivity index (χ1) is 13.7. The van der Waals surface area contributed by atoms with Gasteiger partial charge in [0.15, 0.2) is 5.65 Å². The van der Waals surface area contributed by atoms with Crippen LogP contribution in [0.4, 0.5) is 20.3 Å². The SMILES string of the molecule is CC(C)(O)C(=O)Nc1cnn2ccc(N3CCC[C@@H]3c3cc(F)ccc3F)nc12. The zero-order valence-corrected chi connectivity index (χ0v) is 16.1. The highest BCUT2D eigenvalue weighted by molar-refractivity contribution is 5.99. The van der Waals surface area contributed by atoms with Gasteiger partial charge < -0.3 is 15.3 Å². The number of nitrogens with one attached hydrogen (secondary N) is 1. The van der Waals surface area contributed by atoms with Crippen LogP contribution >= 0.6 is 0 Å². The minimum Gasteiger partial charge on any atom is -0.381 e. The van der Waals surface area contributed by atoms with Crippen LogP contribution < -0.4 is 10.2 Å². The fourth-order valence-corrected chi connectivity index (χ4v) is 3.52. The van der Waals surface area contributed by atoms with Crippen molar-refractivity contribution in [3.8, 4) is 0 Å². The molecule has 2 N–H and O–H groups in total. The van der Waals surface area contributed by atoms with Crippen LogP contribution in [0.25, 0.3) is 5.65 Å². The summed E-state index contributed by atoms with van der Waals surface area (Å²) >= 11 is 0. The summed E-state index contributed by atoms with van der Waals surface area (Å²) in [7, 11) is 0. The number of hydrogen-bond acceptors (Lipinski definition) is 5. The van der Waals surface area contributed by atoms with Crippen molar-refractivity contribution in [3.05, 3.63) is 53.9 Å². The number of nitrogens with zero attached hydrogens (tertiary/aromatic N) is 4. The number of carbonyl (C=O) groups is 1. The van der Waals surface area contributed by atoms with E-state index in [9.17, 15) is 18.7 Å². The molecule has 1 amide bonds. The van der Waals surface area contributed by atoms with E-state index in [1.54, 1.807) is 12.3 Å². The molecule has 0 spiro atoms. The first-order valence-electron chi connectivity index (χ1n) is 9.34. The number of fused-ring (bicyclic) bond motifs is 1. The third kappa shape index (κ3) is 3.65. The van der Waals surface area contributed by atoms with Crippen molar-refractivity contribution in [2.75, 3.05) is 16.8 Å². The van der Waals surface area contributed by atoms with Crippen molar-refractivity contribution in [1.82, 2.24) is 14.6 Å². The number of hydrogen-bond donors (Lipinski definition) is 2. The molecule has 29 heavy (non-hydrogen) atoms. The van der Waals surface area contributed by atoms with Crippen LogP contribution in [-0.2, 0) is 4.79 Å². The monoisotopic (exact) mass is 401 g/mol. The summed E-state index contributed by atoms with van der Waals surface area (Å²) in [5.41, 5.74) is -0.508. The van der Waals surface area contributed by atoms with Crippen molar-refractivity contribution in [3.63, 3.8) is 0 Å². The lowest BCUT2D eigenvalue weighted by Crippen LogP contribution is -2.36. The highest BCUT2D eigenvalue weighted by Gasteiger charge is 2.30. The van der Waals surface area contributed by atoms with Gasteiger partial charge >= 0.3 is 0 Å². The van der Waals surface area contributed by atoms with Crippen molar-refractivity contribution < 1.29 is 18.7 Å². The van der Waals surface area contributed by atoms with Crippen LogP contribution in [-0.4, -0.2) is 37.8 Å². The molecule has 2 aromatic heterocycles. The van der Waals surface area contributed by atoms with E-state index in [2.05, 4.69) is 15.4 Å². The van der Waals surface area contributed by atoms with Crippen LogP contribution in [0.1, 0.15) is 38.3 Å². The highest BCUT2D eigenvalue weighted by atomic mass is 19.1. The highest BCUT2D eigenvalue weighted by Crippen LogP contribution is 2.37. The Bertz CT molecular complexity index is 1080. The van der Waals surface area contributed by atoms with E-state index in [4.69, 9.17) is 0 Å². The lowest BCUT2D eigenvalue weighted by atomic mass is 10.0. The molecule has 1 aromatic carbocycles. The molecule has 3 aromatic rings. The van der Waals surface area contributed by atoms with Crippen LogP contribution in [0, 0.1) is 11.6 Å². The molecule has 7 nitrogen and oxygen atoms in total. The summed E-state index contributed by atoms with van der Waals surface area (Å²) < 4.78 is 29.5. The summed E-state index contributed by atoms with van der Waals surface area (Å²) in [4.78, 5) is 18.6. The molecule has 9 heteroatoms. The number of halogens is 2. The molecule has 1 saturated heterocycles. The lowest BCUT2D eigenvalue weighted by molar-refractivity contribution is -0.130. The fraction of sp³-hybridized carbons (Fsp3) is 0.350. The Balaban J connectivity index is 1.69. The van der Waals surface area contributed by atoms with Gasteiger partial charge in [0.2, 0.25) is 0 Å². The van der Waals surface area contributed by atoms with E-state index in [1.807, 2.05) is 4.90 Å². The Morgan fingerprint density at radius 1 is 1.31 bits per heavy atom. The maximum atomic E-state index is 14.3. The molecule has 0 unspecified atom stereocenters. The smallest absolute Gasteiger partial charge is 0.255 e. The second-order valence-electron chi connectivity index (χ2n) is 7.64. The van der Waals surface area contributed by atoms with Crippen LogP contribution in [0.5, 0.6) is 0 Å². The first-order valence-corrected chi connectivity index (χ1v) is 9.34. The molecule has 152 valence electrons. The van der Waals surface area contributed by atoms with Crippen LogP contribution in [0.2, 0.25) is 0 Å². The Kier molecular flexibility index (Phi) is 4.70. The van der Waals surface area contributed by atoms with Crippen molar-refractivity contribution in [2.45, 2.75) is 38.3 Å². The zero-order valence-electron chi connectivity index (χ0n) is 16.1. The van der Waals surface area contributed by atoms with E-state index in [1.165, 1.54) is 30.6 Å². The molecule has 1 aliphatic heterocycles. The van der Waals surface area contributed by atoms with E-state index >= 15 is 0 Å². The van der Waals surface area contributed by atoms with Gasteiger partial charge in [-0.25, -0.2) is 18.3 Å². The number of carbonyl (C=O) groups excluding carboxylic acids is 1. The average Bonchev–Trinajstić information content (AvgIpc) is 3.30. The van der Waals surface area contributed by atoms with Gasteiger partial charge in [-0.1, -0.05) is 0 Å². The molecule has 1 fully saturated rings. The molecule has 0 bridgehead atoms. The molecule has 4 rings (SSSR count). The number of aliphatic hydroxyl groups is 1. The van der Waals surface area contributed by atoms with Gasteiger partial charge in [-0.05, 0) is 51.0 Å². The first kappa shape index (κ1) is 19.3. The van der Waals surface area contributed by atoms with Gasteiger partial charge in [0.1, 0.15) is 28.7 Å². The summed E-state index contributed by atoms with van der Waals surface area (Å²) in [5, 5.41) is 16.6. The average molecular weight is 401 g/mol. The number of anilines is 2. The number of aromatic nitrogens is 3.